The quantitative estimate of drug-likeness (QED) is 0.348. The lowest BCUT2D eigenvalue weighted by Gasteiger charge is -2.18. The summed E-state index contributed by atoms with van der Waals surface area (Å²) in [5.74, 6) is 0.840. The second-order valence-corrected chi connectivity index (χ2v) is 9.57. The number of aromatic nitrogens is 2. The van der Waals surface area contributed by atoms with Gasteiger partial charge in [-0.3, -0.25) is 9.36 Å². The number of hydrogen-bond acceptors (Lipinski definition) is 5. The highest BCUT2D eigenvalue weighted by molar-refractivity contribution is 5.79. The maximum atomic E-state index is 11.1. The highest BCUT2D eigenvalue weighted by Gasteiger charge is 2.27. The molecular weight excluding hydrogens is 454 g/mol. The molecule has 6 rings (SSSR count). The number of ether oxygens (including phenoxy) is 2. The average Bonchev–Trinajstić information content (AvgIpc) is 3.62. The van der Waals surface area contributed by atoms with Crippen LogP contribution >= 0.6 is 0 Å². The van der Waals surface area contributed by atoms with E-state index in [0.717, 1.165) is 59.0 Å². The van der Waals surface area contributed by atoms with Gasteiger partial charge in [-0.05, 0) is 55.2 Å². The van der Waals surface area contributed by atoms with E-state index in [1.54, 1.807) is 0 Å². The van der Waals surface area contributed by atoms with E-state index in [4.69, 9.17) is 19.6 Å². The minimum atomic E-state index is -0.803. The van der Waals surface area contributed by atoms with Crippen molar-refractivity contribution in [2.24, 2.45) is 0 Å². The fourth-order valence-electron chi connectivity index (χ4n) is 5.36. The normalized spacial score (nSPS) is 18.8. The number of carbonyl (C=O) groups is 1. The molecule has 2 aliphatic heterocycles. The van der Waals surface area contributed by atoms with Crippen molar-refractivity contribution in [1.82, 2.24) is 9.55 Å². The molecule has 0 aliphatic carbocycles. The second-order valence-electron chi connectivity index (χ2n) is 9.57. The van der Waals surface area contributed by atoms with Gasteiger partial charge in [-0.2, -0.15) is 0 Å². The van der Waals surface area contributed by atoms with Crippen molar-refractivity contribution in [3.05, 3.63) is 83.2 Å². The molecule has 0 saturated carbocycles. The van der Waals surface area contributed by atoms with E-state index in [0.29, 0.717) is 13.2 Å². The van der Waals surface area contributed by atoms with Crippen LogP contribution in [0, 0.1) is 6.92 Å². The number of benzene rings is 3. The number of rotatable bonds is 7. The molecule has 3 aromatic carbocycles. The summed E-state index contributed by atoms with van der Waals surface area (Å²) in [4.78, 5) is 16.1. The summed E-state index contributed by atoms with van der Waals surface area (Å²) in [5.41, 5.74) is 7.47. The van der Waals surface area contributed by atoms with Crippen molar-refractivity contribution in [3.63, 3.8) is 0 Å². The van der Waals surface area contributed by atoms with Crippen LogP contribution in [0.2, 0.25) is 0 Å². The Morgan fingerprint density at radius 2 is 2.06 bits per heavy atom. The van der Waals surface area contributed by atoms with Gasteiger partial charge in [-0.15, -0.1) is 0 Å². The van der Waals surface area contributed by atoms with Gasteiger partial charge in [0.05, 0.1) is 29.7 Å². The van der Waals surface area contributed by atoms with Gasteiger partial charge in [-0.25, -0.2) is 4.98 Å². The van der Waals surface area contributed by atoms with Crippen molar-refractivity contribution in [2.75, 3.05) is 18.5 Å². The summed E-state index contributed by atoms with van der Waals surface area (Å²) >= 11 is 0. The first-order valence-corrected chi connectivity index (χ1v) is 12.5. The van der Waals surface area contributed by atoms with E-state index >= 15 is 0 Å². The molecule has 0 amide bonds. The summed E-state index contributed by atoms with van der Waals surface area (Å²) in [7, 11) is 0. The molecule has 0 spiro atoms. The molecule has 0 radical (unpaired) electrons. The summed E-state index contributed by atoms with van der Waals surface area (Å²) < 4.78 is 14.1. The lowest BCUT2D eigenvalue weighted by molar-refractivity contribution is -0.137. The van der Waals surface area contributed by atoms with Gasteiger partial charge in [0, 0.05) is 36.4 Å². The van der Waals surface area contributed by atoms with Crippen LogP contribution in [0.25, 0.3) is 16.7 Å². The molecule has 4 aromatic rings. The van der Waals surface area contributed by atoms with Gasteiger partial charge < -0.3 is 19.9 Å². The van der Waals surface area contributed by atoms with E-state index in [2.05, 4.69) is 53.2 Å². The number of carboxylic acid groups (broad SMARTS) is 1. The van der Waals surface area contributed by atoms with Crippen LogP contribution in [0.15, 0.2) is 60.7 Å². The van der Waals surface area contributed by atoms with Crippen LogP contribution in [-0.4, -0.2) is 33.8 Å². The van der Waals surface area contributed by atoms with Gasteiger partial charge in [-0.1, -0.05) is 30.3 Å². The SMILES string of the molecule is Cc1c(CNc2ccc3c(c2)OC[C@H]3CC(=O)O)cccc1-n1c([C@H]2CCCO2)nc2ccccc21. The molecule has 36 heavy (non-hydrogen) atoms. The first-order chi connectivity index (χ1) is 17.6. The Bertz CT molecular complexity index is 1440. The molecule has 1 aromatic heterocycles. The van der Waals surface area contributed by atoms with Crippen LogP contribution < -0.4 is 10.1 Å². The molecule has 0 unspecified atom stereocenters. The predicted molar refractivity (Wildman–Crippen MR) is 138 cm³/mol. The molecule has 184 valence electrons. The fraction of sp³-hybridized carbons (Fsp3) is 0.310. The zero-order chi connectivity index (χ0) is 24.6. The van der Waals surface area contributed by atoms with Crippen molar-refractivity contribution < 1.29 is 19.4 Å². The van der Waals surface area contributed by atoms with Crippen LogP contribution in [0.3, 0.4) is 0 Å². The van der Waals surface area contributed by atoms with Crippen molar-refractivity contribution >= 4 is 22.7 Å². The van der Waals surface area contributed by atoms with Gasteiger partial charge in [0.25, 0.3) is 0 Å². The molecule has 1 saturated heterocycles. The maximum Gasteiger partial charge on any atom is 0.304 e. The Morgan fingerprint density at radius 1 is 1.17 bits per heavy atom. The number of nitrogens with one attached hydrogen (secondary N) is 1. The van der Waals surface area contributed by atoms with Gasteiger partial charge in [0.2, 0.25) is 0 Å². The first kappa shape index (κ1) is 22.6. The number of aliphatic carboxylic acids is 1. The van der Waals surface area contributed by atoms with Crippen LogP contribution in [-0.2, 0) is 16.1 Å². The number of hydrogen-bond donors (Lipinski definition) is 2. The topological polar surface area (TPSA) is 85.6 Å². The Kier molecular flexibility index (Phi) is 5.85. The van der Waals surface area contributed by atoms with E-state index in [1.165, 1.54) is 11.1 Å². The Morgan fingerprint density at radius 3 is 2.89 bits per heavy atom. The fourth-order valence-corrected chi connectivity index (χ4v) is 5.36. The monoisotopic (exact) mass is 483 g/mol. The minimum absolute atomic E-state index is 0.00921. The molecule has 2 N–H and O–H groups in total. The summed E-state index contributed by atoms with van der Waals surface area (Å²) in [6.45, 7) is 4.00. The first-order valence-electron chi connectivity index (χ1n) is 12.5. The van der Waals surface area contributed by atoms with E-state index in [1.807, 2.05) is 24.3 Å². The number of nitrogens with zero attached hydrogens (tertiary/aromatic N) is 2. The third-order valence-electron chi connectivity index (χ3n) is 7.26. The predicted octanol–water partition coefficient (Wildman–Crippen LogP) is 5.75. The second kappa shape index (κ2) is 9.32. The summed E-state index contributed by atoms with van der Waals surface area (Å²) in [6.07, 6.45) is 2.13. The van der Waals surface area contributed by atoms with Crippen molar-refractivity contribution in [1.29, 1.82) is 0 Å². The molecule has 2 aliphatic rings. The third-order valence-corrected chi connectivity index (χ3v) is 7.26. The van der Waals surface area contributed by atoms with E-state index < -0.39 is 5.97 Å². The van der Waals surface area contributed by atoms with E-state index in [9.17, 15) is 4.79 Å². The highest BCUT2D eigenvalue weighted by Crippen LogP contribution is 2.38. The molecule has 3 heterocycles. The Labute approximate surface area is 209 Å². The van der Waals surface area contributed by atoms with Crippen LogP contribution in [0.5, 0.6) is 5.75 Å². The molecule has 2 atom stereocenters. The van der Waals surface area contributed by atoms with Crippen molar-refractivity contribution in [2.45, 2.75) is 44.8 Å². The van der Waals surface area contributed by atoms with Crippen LogP contribution in [0.1, 0.15) is 53.8 Å². The zero-order valence-corrected chi connectivity index (χ0v) is 20.2. The summed E-state index contributed by atoms with van der Waals surface area (Å²) in [6, 6.07) is 20.6. The maximum absolute atomic E-state index is 11.1. The lowest BCUT2D eigenvalue weighted by atomic mass is 9.98. The highest BCUT2D eigenvalue weighted by atomic mass is 16.5. The van der Waals surface area contributed by atoms with Crippen LogP contribution in [0.4, 0.5) is 5.69 Å². The minimum Gasteiger partial charge on any atom is -0.493 e. The van der Waals surface area contributed by atoms with Gasteiger partial charge >= 0.3 is 5.97 Å². The Balaban J connectivity index is 1.28. The molecule has 7 heteroatoms. The van der Waals surface area contributed by atoms with Gasteiger partial charge in [0.15, 0.2) is 0 Å². The third kappa shape index (κ3) is 4.09. The lowest BCUT2D eigenvalue weighted by Crippen LogP contribution is -2.10. The number of carboxylic acids is 1. The van der Waals surface area contributed by atoms with E-state index in [-0.39, 0.29) is 18.4 Å². The number of anilines is 1. The number of para-hydroxylation sites is 2. The summed E-state index contributed by atoms with van der Waals surface area (Å²) in [5, 5.41) is 12.7. The molecule has 7 nitrogen and oxygen atoms in total. The molecular formula is C29H29N3O4. The molecule has 1 fully saturated rings. The smallest absolute Gasteiger partial charge is 0.304 e. The average molecular weight is 484 g/mol. The Hall–Kier alpha value is -3.84. The molecule has 0 bridgehead atoms. The largest absolute Gasteiger partial charge is 0.493 e. The number of imidazole rings is 1. The standard InChI is InChI=1S/C29H29N3O4/c1-18-19(16-30-21-11-12-22-20(14-28(33)34)17-36-27(22)15-21)6-4-9-24(18)32-25-8-3-2-7-23(25)31-29(32)26-10-5-13-35-26/h2-4,6-9,11-12,15,20,26,30H,5,10,13-14,16-17H2,1H3,(H,33,34)/t20-,26-/m1/s1. The zero-order valence-electron chi connectivity index (χ0n) is 20.2. The number of fused-ring (bicyclic) bond motifs is 2. The van der Waals surface area contributed by atoms with Gasteiger partial charge in [0.1, 0.15) is 17.7 Å². The van der Waals surface area contributed by atoms with Crippen molar-refractivity contribution in [3.8, 4) is 11.4 Å².